The van der Waals surface area contributed by atoms with Crippen LogP contribution in [0.2, 0.25) is 0 Å². The third-order valence-electron chi connectivity index (χ3n) is 3.48. The summed E-state index contributed by atoms with van der Waals surface area (Å²) in [4.78, 5) is 6.59. The largest absolute Gasteiger partial charge is 0.346 e. The molecule has 2 aromatic rings. The number of aromatic nitrogens is 2. The molecule has 0 bridgehead atoms. The molecule has 0 spiro atoms. The van der Waals surface area contributed by atoms with Crippen LogP contribution in [-0.4, -0.2) is 22.4 Å². The molecule has 1 aromatic carbocycles. The van der Waals surface area contributed by atoms with Crippen molar-refractivity contribution in [2.24, 2.45) is 5.41 Å². The van der Waals surface area contributed by atoms with E-state index in [0.717, 1.165) is 30.7 Å². The molecular weight excluding hydrogens is 280 g/mol. The summed E-state index contributed by atoms with van der Waals surface area (Å²) in [5.41, 5.74) is 0.653. The second-order valence-electron chi connectivity index (χ2n) is 5.89. The molecule has 0 atom stereocenters. The standard InChI is InChI=1S/C14H15F2N3S/c1-14(2)3-4-19(8-14)13-17-12(18-20-13)9-5-10(15)7-11(16)6-9/h5-7H,3-4,8H2,1-2H3. The van der Waals surface area contributed by atoms with Gasteiger partial charge < -0.3 is 4.90 Å². The van der Waals surface area contributed by atoms with E-state index in [-0.39, 0.29) is 5.41 Å². The van der Waals surface area contributed by atoms with E-state index in [2.05, 4.69) is 28.1 Å². The maximum Gasteiger partial charge on any atom is 0.205 e. The molecule has 2 heterocycles. The highest BCUT2D eigenvalue weighted by molar-refractivity contribution is 7.09. The van der Waals surface area contributed by atoms with Gasteiger partial charge in [-0.15, -0.1) is 0 Å². The van der Waals surface area contributed by atoms with Crippen molar-refractivity contribution in [2.45, 2.75) is 20.3 Å². The molecule has 1 fully saturated rings. The molecule has 1 aliphatic rings. The minimum absolute atomic E-state index is 0.275. The lowest BCUT2D eigenvalue weighted by Gasteiger charge is -2.18. The van der Waals surface area contributed by atoms with Gasteiger partial charge in [0.25, 0.3) is 0 Å². The van der Waals surface area contributed by atoms with Crippen LogP contribution in [0.3, 0.4) is 0 Å². The van der Waals surface area contributed by atoms with Crippen molar-refractivity contribution in [3.63, 3.8) is 0 Å². The first-order valence-electron chi connectivity index (χ1n) is 6.48. The lowest BCUT2D eigenvalue weighted by Crippen LogP contribution is -2.22. The molecule has 6 heteroatoms. The Balaban J connectivity index is 1.87. The molecule has 0 radical (unpaired) electrons. The number of hydrogen-bond donors (Lipinski definition) is 0. The Morgan fingerprint density at radius 3 is 2.50 bits per heavy atom. The molecular formula is C14H15F2N3S. The molecule has 0 N–H and O–H groups in total. The summed E-state index contributed by atoms with van der Waals surface area (Å²) in [6.45, 7) is 6.31. The molecule has 1 aromatic heterocycles. The highest BCUT2D eigenvalue weighted by Gasteiger charge is 2.31. The topological polar surface area (TPSA) is 29.0 Å². The van der Waals surface area contributed by atoms with Gasteiger partial charge in [-0.25, -0.2) is 8.78 Å². The number of nitrogens with zero attached hydrogens (tertiary/aromatic N) is 3. The Bertz CT molecular complexity index is 619. The Kier molecular flexibility index (Phi) is 3.20. The van der Waals surface area contributed by atoms with Gasteiger partial charge in [0.15, 0.2) is 5.82 Å². The summed E-state index contributed by atoms with van der Waals surface area (Å²) in [5, 5.41) is 0.815. The lowest BCUT2D eigenvalue weighted by atomic mass is 9.93. The van der Waals surface area contributed by atoms with Crippen molar-refractivity contribution in [1.82, 2.24) is 9.36 Å². The number of halogens is 2. The number of rotatable bonds is 2. The van der Waals surface area contributed by atoms with E-state index in [1.807, 2.05) is 0 Å². The third kappa shape index (κ3) is 2.65. The number of hydrogen-bond acceptors (Lipinski definition) is 4. The van der Waals surface area contributed by atoms with Crippen LogP contribution in [0.5, 0.6) is 0 Å². The van der Waals surface area contributed by atoms with Crippen LogP contribution in [0.1, 0.15) is 20.3 Å². The molecule has 0 saturated carbocycles. The first-order chi connectivity index (χ1) is 9.43. The van der Waals surface area contributed by atoms with E-state index in [9.17, 15) is 8.78 Å². The smallest absolute Gasteiger partial charge is 0.205 e. The Morgan fingerprint density at radius 1 is 1.20 bits per heavy atom. The van der Waals surface area contributed by atoms with Gasteiger partial charge in [-0.2, -0.15) is 9.36 Å². The molecule has 0 aliphatic carbocycles. The third-order valence-corrected chi connectivity index (χ3v) is 4.26. The van der Waals surface area contributed by atoms with Gasteiger partial charge in [0, 0.05) is 36.3 Å². The summed E-state index contributed by atoms with van der Waals surface area (Å²) in [5.74, 6) is -0.842. The maximum absolute atomic E-state index is 13.2. The molecule has 0 amide bonds. The van der Waals surface area contributed by atoms with E-state index in [1.165, 1.54) is 23.7 Å². The predicted molar refractivity (Wildman–Crippen MR) is 75.9 cm³/mol. The molecule has 3 nitrogen and oxygen atoms in total. The lowest BCUT2D eigenvalue weighted by molar-refractivity contribution is 0.418. The van der Waals surface area contributed by atoms with Gasteiger partial charge in [0.2, 0.25) is 5.13 Å². The normalized spacial score (nSPS) is 17.7. The summed E-state index contributed by atoms with van der Waals surface area (Å²) < 4.78 is 30.7. The highest BCUT2D eigenvalue weighted by atomic mass is 32.1. The minimum atomic E-state index is -0.612. The molecule has 106 valence electrons. The average Bonchev–Trinajstić information content (AvgIpc) is 2.94. The average molecular weight is 295 g/mol. The molecule has 1 aliphatic heterocycles. The monoisotopic (exact) mass is 295 g/mol. The first-order valence-corrected chi connectivity index (χ1v) is 7.25. The summed E-state index contributed by atoms with van der Waals surface area (Å²) in [7, 11) is 0. The molecule has 1 saturated heterocycles. The summed E-state index contributed by atoms with van der Waals surface area (Å²) in [6.07, 6.45) is 1.11. The zero-order chi connectivity index (χ0) is 14.3. The fraction of sp³-hybridized carbons (Fsp3) is 0.429. The van der Waals surface area contributed by atoms with Crippen LogP contribution >= 0.6 is 11.5 Å². The van der Waals surface area contributed by atoms with E-state index >= 15 is 0 Å². The van der Waals surface area contributed by atoms with Gasteiger partial charge in [-0.1, -0.05) is 13.8 Å². The van der Waals surface area contributed by atoms with Gasteiger partial charge in [0.1, 0.15) is 11.6 Å². The second kappa shape index (κ2) is 4.77. The Hall–Kier alpha value is -1.56. The Morgan fingerprint density at radius 2 is 1.90 bits per heavy atom. The summed E-state index contributed by atoms with van der Waals surface area (Å²) >= 11 is 1.27. The first kappa shape index (κ1) is 13.4. The van der Waals surface area contributed by atoms with E-state index in [1.54, 1.807) is 0 Å². The van der Waals surface area contributed by atoms with Crippen molar-refractivity contribution < 1.29 is 8.78 Å². The minimum Gasteiger partial charge on any atom is -0.346 e. The van der Waals surface area contributed by atoms with Crippen molar-refractivity contribution >= 4 is 16.7 Å². The van der Waals surface area contributed by atoms with Crippen LogP contribution in [0.15, 0.2) is 18.2 Å². The van der Waals surface area contributed by atoms with Gasteiger partial charge in [0.05, 0.1) is 0 Å². The van der Waals surface area contributed by atoms with Gasteiger partial charge in [-0.3, -0.25) is 0 Å². The SMILES string of the molecule is CC1(C)CCN(c2nc(-c3cc(F)cc(F)c3)ns2)C1. The molecule has 20 heavy (non-hydrogen) atoms. The van der Waals surface area contributed by atoms with Gasteiger partial charge >= 0.3 is 0 Å². The van der Waals surface area contributed by atoms with Crippen LogP contribution in [0.25, 0.3) is 11.4 Å². The van der Waals surface area contributed by atoms with Crippen molar-refractivity contribution in [2.75, 3.05) is 18.0 Å². The van der Waals surface area contributed by atoms with Crippen molar-refractivity contribution in [3.05, 3.63) is 29.8 Å². The quantitative estimate of drug-likeness (QED) is 0.845. The Labute approximate surface area is 120 Å². The zero-order valence-corrected chi connectivity index (χ0v) is 12.2. The van der Waals surface area contributed by atoms with Gasteiger partial charge in [-0.05, 0) is 24.0 Å². The van der Waals surface area contributed by atoms with Crippen molar-refractivity contribution in [1.29, 1.82) is 0 Å². The molecule has 0 unspecified atom stereocenters. The molecule has 3 rings (SSSR count). The van der Waals surface area contributed by atoms with E-state index < -0.39 is 11.6 Å². The fourth-order valence-electron chi connectivity index (χ4n) is 2.42. The number of anilines is 1. The van der Waals surface area contributed by atoms with Crippen LogP contribution < -0.4 is 4.90 Å². The zero-order valence-electron chi connectivity index (χ0n) is 11.4. The van der Waals surface area contributed by atoms with E-state index in [0.29, 0.717) is 11.4 Å². The fourth-order valence-corrected chi connectivity index (χ4v) is 3.13. The second-order valence-corrected chi connectivity index (χ2v) is 6.62. The predicted octanol–water partition coefficient (Wildman–Crippen LogP) is 3.72. The van der Waals surface area contributed by atoms with Crippen molar-refractivity contribution in [3.8, 4) is 11.4 Å². The van der Waals surface area contributed by atoms with Crippen LogP contribution in [-0.2, 0) is 0 Å². The maximum atomic E-state index is 13.2. The summed E-state index contributed by atoms with van der Waals surface area (Å²) in [6, 6.07) is 3.35. The number of benzene rings is 1. The van der Waals surface area contributed by atoms with Crippen LogP contribution in [0, 0.1) is 17.0 Å². The highest BCUT2D eigenvalue weighted by Crippen LogP contribution is 2.34. The van der Waals surface area contributed by atoms with E-state index in [4.69, 9.17) is 0 Å². The van der Waals surface area contributed by atoms with Crippen LogP contribution in [0.4, 0.5) is 13.9 Å².